The minimum absolute atomic E-state index is 0.0366. The van der Waals surface area contributed by atoms with Gasteiger partial charge < -0.3 is 10.4 Å². The van der Waals surface area contributed by atoms with Crippen LogP contribution in [0.5, 0.6) is 0 Å². The number of nitrogens with one attached hydrogen (secondary N) is 1. The topological polar surface area (TPSA) is 66.4 Å². The zero-order valence-corrected chi connectivity index (χ0v) is 11.6. The van der Waals surface area contributed by atoms with Crippen LogP contribution in [0.2, 0.25) is 0 Å². The van der Waals surface area contributed by atoms with E-state index in [0.717, 1.165) is 38.5 Å². The quantitative estimate of drug-likeness (QED) is 0.753. The zero-order valence-electron chi connectivity index (χ0n) is 11.6. The van der Waals surface area contributed by atoms with Crippen LogP contribution in [-0.2, 0) is 9.59 Å². The number of carbonyl (C=O) groups excluding carboxylic acids is 1. The Kier molecular flexibility index (Phi) is 4.83. The minimum Gasteiger partial charge on any atom is -0.481 e. The van der Waals surface area contributed by atoms with Crippen LogP contribution in [0.25, 0.3) is 0 Å². The van der Waals surface area contributed by atoms with Gasteiger partial charge in [-0.15, -0.1) is 0 Å². The zero-order chi connectivity index (χ0) is 13.7. The highest BCUT2D eigenvalue weighted by Crippen LogP contribution is 2.35. The van der Waals surface area contributed by atoms with Crippen molar-refractivity contribution >= 4 is 11.9 Å². The van der Waals surface area contributed by atoms with Crippen LogP contribution in [0.1, 0.15) is 64.2 Å². The maximum absolute atomic E-state index is 11.8. The van der Waals surface area contributed by atoms with E-state index in [-0.39, 0.29) is 5.91 Å². The normalized spacial score (nSPS) is 23.2. The first kappa shape index (κ1) is 14.4. The maximum Gasteiger partial charge on any atom is 0.311 e. The summed E-state index contributed by atoms with van der Waals surface area (Å²) in [5.74, 6) is -0.164. The number of rotatable bonds is 5. The molecule has 0 unspecified atom stereocenters. The fourth-order valence-electron chi connectivity index (χ4n) is 3.17. The van der Waals surface area contributed by atoms with Gasteiger partial charge in [0, 0.05) is 13.0 Å². The van der Waals surface area contributed by atoms with Gasteiger partial charge in [0.15, 0.2) is 0 Å². The molecule has 0 saturated heterocycles. The average molecular weight is 267 g/mol. The van der Waals surface area contributed by atoms with E-state index in [0.29, 0.717) is 31.7 Å². The molecule has 2 rings (SSSR count). The smallest absolute Gasteiger partial charge is 0.311 e. The van der Waals surface area contributed by atoms with Crippen LogP contribution in [-0.4, -0.2) is 23.5 Å². The molecule has 2 aliphatic rings. The van der Waals surface area contributed by atoms with Gasteiger partial charge in [-0.05, 0) is 31.6 Å². The predicted molar refractivity (Wildman–Crippen MR) is 72.7 cm³/mol. The predicted octanol–water partition coefficient (Wildman–Crippen LogP) is 2.72. The summed E-state index contributed by atoms with van der Waals surface area (Å²) in [4.78, 5) is 23.4. The number of hydrogen-bond donors (Lipinski definition) is 2. The van der Waals surface area contributed by atoms with Gasteiger partial charge in [0.05, 0.1) is 5.41 Å². The highest BCUT2D eigenvalue weighted by atomic mass is 16.4. The van der Waals surface area contributed by atoms with Crippen molar-refractivity contribution in [1.29, 1.82) is 0 Å². The first-order valence-electron chi connectivity index (χ1n) is 7.62. The van der Waals surface area contributed by atoms with Gasteiger partial charge >= 0.3 is 5.97 Å². The summed E-state index contributed by atoms with van der Waals surface area (Å²) < 4.78 is 0. The molecule has 108 valence electrons. The van der Waals surface area contributed by atoms with Crippen LogP contribution < -0.4 is 5.32 Å². The number of carbonyl (C=O) groups is 2. The van der Waals surface area contributed by atoms with Crippen molar-refractivity contribution < 1.29 is 14.7 Å². The van der Waals surface area contributed by atoms with Crippen molar-refractivity contribution in [1.82, 2.24) is 5.32 Å². The Bertz CT molecular complexity index is 328. The number of aliphatic carboxylic acids is 1. The molecule has 0 aliphatic heterocycles. The van der Waals surface area contributed by atoms with Crippen molar-refractivity contribution in [2.75, 3.05) is 6.54 Å². The molecule has 2 fully saturated rings. The molecule has 4 heteroatoms. The van der Waals surface area contributed by atoms with E-state index >= 15 is 0 Å². The lowest BCUT2D eigenvalue weighted by atomic mass is 9.80. The molecule has 0 radical (unpaired) electrons. The molecule has 0 aromatic rings. The Morgan fingerprint density at radius 2 is 1.68 bits per heavy atom. The molecule has 2 N–H and O–H groups in total. The molecular weight excluding hydrogens is 242 g/mol. The van der Waals surface area contributed by atoms with Crippen LogP contribution in [0.4, 0.5) is 0 Å². The summed E-state index contributed by atoms with van der Waals surface area (Å²) in [7, 11) is 0. The molecule has 2 saturated carbocycles. The summed E-state index contributed by atoms with van der Waals surface area (Å²) in [6, 6.07) is 0. The van der Waals surface area contributed by atoms with E-state index in [4.69, 9.17) is 0 Å². The number of hydrogen-bond acceptors (Lipinski definition) is 2. The van der Waals surface area contributed by atoms with Gasteiger partial charge in [0.25, 0.3) is 0 Å². The molecule has 0 heterocycles. The SMILES string of the molecule is O=C(CC1CCC1)NCC1(C(=O)O)CCCCCC1. The fraction of sp³-hybridized carbons (Fsp3) is 0.867. The molecule has 0 bridgehead atoms. The highest BCUT2D eigenvalue weighted by Gasteiger charge is 2.39. The summed E-state index contributed by atoms with van der Waals surface area (Å²) in [6.07, 6.45) is 9.67. The second kappa shape index (κ2) is 6.40. The first-order valence-corrected chi connectivity index (χ1v) is 7.62. The second-order valence-electron chi connectivity index (χ2n) is 6.28. The molecule has 2 aliphatic carbocycles. The monoisotopic (exact) mass is 267 g/mol. The fourth-order valence-corrected chi connectivity index (χ4v) is 3.17. The average Bonchev–Trinajstić information content (AvgIpc) is 2.58. The Morgan fingerprint density at radius 1 is 1.05 bits per heavy atom. The Hall–Kier alpha value is -1.06. The molecular formula is C15H25NO3. The third-order valence-corrected chi connectivity index (χ3v) is 4.84. The van der Waals surface area contributed by atoms with E-state index in [1.807, 2.05) is 0 Å². The first-order chi connectivity index (χ1) is 9.12. The van der Waals surface area contributed by atoms with E-state index in [2.05, 4.69) is 5.32 Å². The Morgan fingerprint density at radius 3 is 2.16 bits per heavy atom. The van der Waals surface area contributed by atoms with Crippen molar-refractivity contribution in [2.24, 2.45) is 11.3 Å². The number of carboxylic acid groups (broad SMARTS) is 1. The standard InChI is InChI=1S/C15H25NO3/c17-13(10-12-6-5-7-12)16-11-15(14(18)19)8-3-1-2-4-9-15/h12H,1-11H2,(H,16,17)(H,18,19). The van der Waals surface area contributed by atoms with Crippen molar-refractivity contribution in [2.45, 2.75) is 64.2 Å². The van der Waals surface area contributed by atoms with Crippen molar-refractivity contribution in [3.05, 3.63) is 0 Å². The minimum atomic E-state index is -0.738. The summed E-state index contributed by atoms with van der Waals surface area (Å²) in [6.45, 7) is 0.313. The lowest BCUT2D eigenvalue weighted by Crippen LogP contribution is -2.43. The lowest BCUT2D eigenvalue weighted by molar-refractivity contribution is -0.149. The second-order valence-corrected chi connectivity index (χ2v) is 6.28. The molecule has 4 nitrogen and oxygen atoms in total. The maximum atomic E-state index is 11.8. The van der Waals surface area contributed by atoms with Crippen LogP contribution in [0.15, 0.2) is 0 Å². The highest BCUT2D eigenvalue weighted by molar-refractivity contribution is 5.79. The van der Waals surface area contributed by atoms with E-state index in [1.54, 1.807) is 0 Å². The Balaban J connectivity index is 1.85. The van der Waals surface area contributed by atoms with Gasteiger partial charge in [-0.25, -0.2) is 0 Å². The Labute approximate surface area is 115 Å². The van der Waals surface area contributed by atoms with Gasteiger partial charge in [-0.1, -0.05) is 32.1 Å². The molecule has 0 aromatic heterocycles. The number of carboxylic acids is 1. The molecule has 19 heavy (non-hydrogen) atoms. The molecule has 0 aromatic carbocycles. The third kappa shape index (κ3) is 3.71. The van der Waals surface area contributed by atoms with Crippen LogP contribution in [0.3, 0.4) is 0 Å². The third-order valence-electron chi connectivity index (χ3n) is 4.84. The number of amides is 1. The largest absolute Gasteiger partial charge is 0.481 e. The lowest BCUT2D eigenvalue weighted by Gasteiger charge is -2.29. The molecule has 0 spiro atoms. The van der Waals surface area contributed by atoms with E-state index < -0.39 is 11.4 Å². The van der Waals surface area contributed by atoms with E-state index in [9.17, 15) is 14.7 Å². The summed E-state index contributed by atoms with van der Waals surface area (Å²) in [5, 5.41) is 12.4. The van der Waals surface area contributed by atoms with Crippen molar-refractivity contribution in [3.63, 3.8) is 0 Å². The van der Waals surface area contributed by atoms with Gasteiger partial charge in [0.1, 0.15) is 0 Å². The molecule has 1 amide bonds. The molecule has 0 atom stereocenters. The van der Waals surface area contributed by atoms with Gasteiger partial charge in [0.2, 0.25) is 5.91 Å². The van der Waals surface area contributed by atoms with Gasteiger partial charge in [-0.2, -0.15) is 0 Å². The summed E-state index contributed by atoms with van der Waals surface area (Å²) >= 11 is 0. The van der Waals surface area contributed by atoms with Crippen LogP contribution in [0, 0.1) is 11.3 Å². The van der Waals surface area contributed by atoms with E-state index in [1.165, 1.54) is 6.42 Å². The van der Waals surface area contributed by atoms with Gasteiger partial charge in [-0.3, -0.25) is 9.59 Å². The van der Waals surface area contributed by atoms with Crippen molar-refractivity contribution in [3.8, 4) is 0 Å². The van der Waals surface area contributed by atoms with Crippen LogP contribution >= 0.6 is 0 Å². The summed E-state index contributed by atoms with van der Waals surface area (Å²) in [5.41, 5.74) is -0.716.